The third-order valence-electron chi connectivity index (χ3n) is 23.8. The predicted octanol–water partition coefficient (Wildman–Crippen LogP) is 26.0. The van der Waals surface area contributed by atoms with Crippen molar-refractivity contribution in [2.24, 2.45) is 7.05 Å². The maximum absolute atomic E-state index is 9.13. The van der Waals surface area contributed by atoms with Crippen LogP contribution in [-0.2, 0) is 20.1 Å². The highest BCUT2D eigenvalue weighted by Crippen LogP contribution is 2.41. The molecule has 0 aliphatic heterocycles. The van der Waals surface area contributed by atoms with Gasteiger partial charge in [0.25, 0.3) is 5.88 Å². The molecule has 0 spiro atoms. The maximum Gasteiger partial charge on any atom is 0.250 e. The van der Waals surface area contributed by atoms with Crippen molar-refractivity contribution in [1.29, 1.82) is 21.0 Å². The highest BCUT2D eigenvalue weighted by atomic mass is 16.5. The molecule has 11 heterocycles. The summed E-state index contributed by atoms with van der Waals surface area (Å²) < 4.78 is 42.2. The van der Waals surface area contributed by atoms with Gasteiger partial charge in [0.05, 0.1) is 83.6 Å². The van der Waals surface area contributed by atoms with Crippen molar-refractivity contribution in [2.45, 2.75) is 40.8 Å². The Morgan fingerprint density at radius 2 is 0.660 bits per heavy atom. The van der Waals surface area contributed by atoms with Crippen LogP contribution in [0.1, 0.15) is 55.6 Å². The standard InChI is InChI=1S/C33H26N6O2.C32H24N6O2.C28H23N5O.C24H17N7O/c1-22-19-26(25-13-16-35-17-14-25)7-12-30(22)41-32-31-29(15-18-39(31)21-24-5-10-28(40-2)11-6-24)37-33(38-32)36-27-8-3-23(20-34)4-9-27;1-39-27-10-4-23(5-11-27)21-38-19-16-29-30(38)31(37-32(36-29)35-26-8-2-22(20-33)3-9-26)40-28-12-6-24(7-13-28)25-14-17-34-18-15-25;1-18-15-22(21-7-5-4-6-8-21)16-19(2)26(18)34-27-25-24(13-14-33(25)3)31-28(32-27)30-23-11-9-20(17-29)10-12-23;1-15-12-18(17-8-10-26-11-9-17)4-7-20(15)32-23-21-22(28-14-27-21)30-24(31-23)29-19-5-2-16(13-25)3-6-19/h3-19H,21H2,1-2H3,(H,36,37,38);2-19H,21H2,1H3,(H,35,36,37);4-16H,1-3H3,(H,30,31,32);2-12,14H,1H3,(H2,27,28,29,30,31). The van der Waals surface area contributed by atoms with Gasteiger partial charge in [0.15, 0.2) is 5.65 Å². The van der Waals surface area contributed by atoms with Gasteiger partial charge in [-0.25, -0.2) is 19.9 Å². The van der Waals surface area contributed by atoms with Gasteiger partial charge in [-0.15, -0.1) is 0 Å². The first-order valence-electron chi connectivity index (χ1n) is 46.5. The van der Waals surface area contributed by atoms with Crippen LogP contribution in [0.15, 0.2) is 365 Å². The molecule has 0 aliphatic rings. The van der Waals surface area contributed by atoms with Crippen LogP contribution in [0.4, 0.5) is 46.5 Å². The molecular formula is C117H90N24O6. The van der Waals surface area contributed by atoms with E-state index in [-0.39, 0.29) is 0 Å². The van der Waals surface area contributed by atoms with Crippen molar-refractivity contribution in [1.82, 2.24) is 78.5 Å². The molecule has 22 aromatic rings. The molecular weight excluding hydrogens is 1840 g/mol. The summed E-state index contributed by atoms with van der Waals surface area (Å²) in [6.45, 7) is 9.32. The van der Waals surface area contributed by atoms with Crippen molar-refractivity contribution in [3.05, 3.63) is 421 Å². The second kappa shape index (κ2) is 44.2. The second-order valence-electron chi connectivity index (χ2n) is 33.9. The molecule has 30 nitrogen and oxygen atoms in total. The van der Waals surface area contributed by atoms with Gasteiger partial charge in [-0.05, 0) is 330 Å². The molecule has 0 fully saturated rings. The molecule has 0 amide bonds. The van der Waals surface area contributed by atoms with Crippen molar-refractivity contribution >= 4 is 90.8 Å². The summed E-state index contributed by atoms with van der Waals surface area (Å²) >= 11 is 0. The Balaban J connectivity index is 0.000000124. The van der Waals surface area contributed by atoms with Gasteiger partial charge in [-0.3, -0.25) is 15.0 Å². The number of rotatable bonds is 26. The van der Waals surface area contributed by atoms with Gasteiger partial charge in [-0.2, -0.15) is 46.0 Å². The van der Waals surface area contributed by atoms with Gasteiger partial charge in [0, 0.05) is 98.7 Å². The number of anilines is 8. The number of aromatic amines is 1. The minimum atomic E-state index is 0.343. The van der Waals surface area contributed by atoms with E-state index in [1.54, 1.807) is 118 Å². The lowest BCUT2D eigenvalue weighted by Gasteiger charge is -2.15. The third kappa shape index (κ3) is 22.9. The number of nitrogens with one attached hydrogen (secondary N) is 5. The van der Waals surface area contributed by atoms with E-state index < -0.39 is 0 Å². The fourth-order valence-electron chi connectivity index (χ4n) is 16.3. The second-order valence-corrected chi connectivity index (χ2v) is 33.9. The van der Waals surface area contributed by atoms with Crippen molar-refractivity contribution < 1.29 is 28.4 Å². The Labute approximate surface area is 844 Å². The molecule has 0 radical (unpaired) electrons. The van der Waals surface area contributed by atoms with Gasteiger partial charge < -0.3 is 68.4 Å². The molecule has 5 N–H and O–H groups in total. The molecule has 11 aromatic heterocycles. The molecule has 714 valence electrons. The Morgan fingerprint density at radius 1 is 0.313 bits per heavy atom. The number of hydrogen-bond acceptors (Lipinski definition) is 26. The summed E-state index contributed by atoms with van der Waals surface area (Å²) in [6.07, 6.45) is 18.1. The highest BCUT2D eigenvalue weighted by Gasteiger charge is 2.23. The van der Waals surface area contributed by atoms with Crippen LogP contribution in [0, 0.1) is 73.0 Å². The van der Waals surface area contributed by atoms with E-state index in [4.69, 9.17) is 74.4 Å². The van der Waals surface area contributed by atoms with E-state index in [1.807, 2.05) is 264 Å². The van der Waals surface area contributed by atoms with Crippen LogP contribution in [0.25, 0.3) is 88.8 Å². The molecule has 30 heteroatoms. The fraction of sp³-hybridized carbons (Fsp3) is 0.0769. The number of ether oxygens (including phenoxy) is 6. The summed E-state index contributed by atoms with van der Waals surface area (Å²) in [4.78, 5) is 57.0. The van der Waals surface area contributed by atoms with Crippen LogP contribution in [0.2, 0.25) is 0 Å². The van der Waals surface area contributed by atoms with Crippen molar-refractivity contribution in [2.75, 3.05) is 35.5 Å². The molecule has 0 bridgehead atoms. The van der Waals surface area contributed by atoms with Crippen molar-refractivity contribution in [3.8, 4) is 127 Å². The number of methoxy groups -OCH3 is 2. The lowest BCUT2D eigenvalue weighted by molar-refractivity contribution is 0.414. The molecule has 0 unspecified atom stereocenters. The van der Waals surface area contributed by atoms with Crippen LogP contribution in [-0.4, -0.2) is 92.7 Å². The lowest BCUT2D eigenvalue weighted by Crippen LogP contribution is -2.04. The number of aromatic nitrogens is 16. The number of H-pyrrole nitrogens is 1. The van der Waals surface area contributed by atoms with E-state index in [1.165, 1.54) is 5.56 Å². The number of benzene rings is 11. The fourth-order valence-corrected chi connectivity index (χ4v) is 16.3. The zero-order valence-corrected chi connectivity index (χ0v) is 80.5. The molecule has 11 aromatic carbocycles. The normalized spacial score (nSPS) is 10.7. The quantitative estimate of drug-likeness (QED) is 0.0336. The van der Waals surface area contributed by atoms with Gasteiger partial charge in [0.2, 0.25) is 41.4 Å². The predicted molar refractivity (Wildman–Crippen MR) is 567 cm³/mol. The van der Waals surface area contributed by atoms with Gasteiger partial charge >= 0.3 is 0 Å². The Morgan fingerprint density at radius 3 is 1.07 bits per heavy atom. The van der Waals surface area contributed by atoms with Gasteiger partial charge in [0.1, 0.15) is 56.6 Å². The van der Waals surface area contributed by atoms with Gasteiger partial charge in [-0.1, -0.05) is 78.9 Å². The first-order chi connectivity index (χ1) is 72.0. The molecule has 0 atom stereocenters. The third-order valence-corrected chi connectivity index (χ3v) is 23.8. The number of hydrogen-bond donors (Lipinski definition) is 5. The van der Waals surface area contributed by atoms with Crippen LogP contribution < -0.4 is 49.7 Å². The SMILES string of the molecule is COc1ccc(Cn2ccc3nc(Nc4ccc(C#N)cc4)nc(Oc4ccc(-c5ccncc5)cc4)c32)cc1.COc1ccc(Cn2ccc3nc(Nc4ccc(C#N)cc4)nc(Oc4ccc(-c5ccncc5)cc4C)c32)cc1.Cc1cc(-c2ccccc2)cc(C)c1Oc1nc(Nc2ccc(C#N)cc2)nc2ccn(C)c12.Cc1cc(-c2ccncc2)ccc1Oc1nc(Nc2ccc(C#N)cc2)nc2nc[nH]c12. The van der Waals surface area contributed by atoms with Crippen LogP contribution >= 0.6 is 0 Å². The topological polar surface area (TPSA) is 384 Å². The molecule has 0 aliphatic carbocycles. The monoisotopic (exact) mass is 1930 g/mol. The number of nitrogens with zero attached hydrogens (tertiary/aromatic N) is 19. The van der Waals surface area contributed by atoms with E-state index >= 15 is 0 Å². The Hall–Kier alpha value is -20.8. The molecule has 147 heavy (non-hydrogen) atoms. The molecule has 0 saturated heterocycles. The van der Waals surface area contributed by atoms with E-state index in [0.29, 0.717) is 111 Å². The number of pyridine rings is 3. The minimum absolute atomic E-state index is 0.343. The lowest BCUT2D eigenvalue weighted by atomic mass is 10.00. The van der Waals surface area contributed by atoms with Crippen LogP contribution in [0.3, 0.4) is 0 Å². The summed E-state index contributed by atoms with van der Waals surface area (Å²) in [5, 5.41) is 49.1. The number of aryl methyl sites for hydroxylation is 5. The van der Waals surface area contributed by atoms with E-state index in [0.717, 1.165) is 145 Å². The number of nitriles is 4. The minimum Gasteiger partial charge on any atom is -0.497 e. The summed E-state index contributed by atoms with van der Waals surface area (Å²) in [7, 11) is 5.26. The largest absolute Gasteiger partial charge is 0.497 e. The number of imidazole rings is 1. The molecule has 0 saturated carbocycles. The smallest absolute Gasteiger partial charge is 0.250 e. The summed E-state index contributed by atoms with van der Waals surface area (Å²) in [5.74, 6) is 7.69. The average molecular weight is 1930 g/mol. The summed E-state index contributed by atoms with van der Waals surface area (Å²) in [5.41, 5.74) is 26.1. The first kappa shape index (κ1) is 95.2. The van der Waals surface area contributed by atoms with E-state index in [2.05, 4.69) is 131 Å². The van der Waals surface area contributed by atoms with E-state index in [9.17, 15) is 0 Å². The maximum atomic E-state index is 9.13. The first-order valence-corrected chi connectivity index (χ1v) is 46.5. The van der Waals surface area contributed by atoms with Crippen molar-refractivity contribution in [3.63, 3.8) is 0 Å². The average Bonchev–Trinajstić information content (AvgIpc) is 1.53. The van der Waals surface area contributed by atoms with Crippen LogP contribution in [0.5, 0.6) is 58.0 Å². The Kier molecular flexibility index (Phi) is 28.6. The number of fused-ring (bicyclic) bond motifs is 4. The summed E-state index contributed by atoms with van der Waals surface area (Å²) in [6, 6.07) is 105. The molecule has 22 rings (SSSR count). The zero-order valence-electron chi connectivity index (χ0n) is 80.5. The zero-order chi connectivity index (χ0) is 101. The Bertz CT molecular complexity index is 8610. The highest BCUT2D eigenvalue weighted by molar-refractivity contribution is 5.87.